The highest BCUT2D eigenvalue weighted by Gasteiger charge is 2.45. The Balaban J connectivity index is 2.77. The molecule has 0 aromatic heterocycles. The summed E-state index contributed by atoms with van der Waals surface area (Å²) in [4.78, 5) is 10.9. The minimum Gasteiger partial charge on any atom is -0.459 e. The fourth-order valence-electron chi connectivity index (χ4n) is 1.22. The van der Waals surface area contributed by atoms with Crippen LogP contribution in [0.5, 0.6) is 0 Å². The largest absolute Gasteiger partial charge is 0.459 e. The van der Waals surface area contributed by atoms with Crippen LogP contribution in [-0.4, -0.2) is 11.6 Å². The Hall–Kier alpha value is -0.530. The van der Waals surface area contributed by atoms with Crippen LogP contribution >= 0.6 is 0 Å². The first-order valence-electron chi connectivity index (χ1n) is 4.07. The maximum atomic E-state index is 10.9. The van der Waals surface area contributed by atoms with Gasteiger partial charge >= 0.3 is 5.97 Å². The van der Waals surface area contributed by atoms with E-state index in [9.17, 15) is 4.79 Å². The fourth-order valence-corrected chi connectivity index (χ4v) is 1.22. The molecule has 1 rings (SSSR count). The zero-order valence-corrected chi connectivity index (χ0v) is 7.73. The molecule has 0 aromatic carbocycles. The minimum atomic E-state index is -0.246. The lowest BCUT2D eigenvalue weighted by atomic mass is 9.76. The zero-order valence-electron chi connectivity index (χ0n) is 7.73. The van der Waals surface area contributed by atoms with Gasteiger partial charge in [-0.1, -0.05) is 20.8 Å². The van der Waals surface area contributed by atoms with Crippen molar-refractivity contribution in [1.29, 1.82) is 0 Å². The van der Waals surface area contributed by atoms with Gasteiger partial charge in [-0.3, -0.25) is 4.79 Å². The second-order valence-corrected chi connectivity index (χ2v) is 4.45. The lowest BCUT2D eigenvalue weighted by Gasteiger charge is -2.36. The van der Waals surface area contributed by atoms with Crippen molar-refractivity contribution in [2.24, 2.45) is 5.41 Å². The van der Waals surface area contributed by atoms with Gasteiger partial charge in [0, 0.05) is 11.8 Å². The van der Waals surface area contributed by atoms with E-state index in [0.29, 0.717) is 6.42 Å². The zero-order chi connectivity index (χ0) is 8.70. The molecule has 0 spiro atoms. The molecule has 64 valence electrons. The van der Waals surface area contributed by atoms with Gasteiger partial charge in [0.1, 0.15) is 5.60 Å². The molecular weight excluding hydrogens is 140 g/mol. The fraction of sp³-hybridized carbons (Fsp3) is 0.889. The Bertz CT molecular complexity index is 178. The second kappa shape index (κ2) is 2.23. The third kappa shape index (κ3) is 1.39. The summed E-state index contributed by atoms with van der Waals surface area (Å²) in [5.41, 5.74) is -0.191. The summed E-state index contributed by atoms with van der Waals surface area (Å²) in [5, 5.41) is 0. The monoisotopic (exact) mass is 156 g/mol. The molecule has 0 aliphatic carbocycles. The topological polar surface area (TPSA) is 26.3 Å². The van der Waals surface area contributed by atoms with Gasteiger partial charge < -0.3 is 4.74 Å². The van der Waals surface area contributed by atoms with Crippen LogP contribution < -0.4 is 0 Å². The molecule has 11 heavy (non-hydrogen) atoms. The summed E-state index contributed by atoms with van der Waals surface area (Å²) in [6, 6.07) is 0. The van der Waals surface area contributed by atoms with E-state index < -0.39 is 0 Å². The molecule has 0 aromatic rings. The van der Waals surface area contributed by atoms with Gasteiger partial charge in [0.25, 0.3) is 0 Å². The molecule has 1 fully saturated rings. The van der Waals surface area contributed by atoms with Gasteiger partial charge in [-0.05, 0) is 13.3 Å². The van der Waals surface area contributed by atoms with Gasteiger partial charge in [0.05, 0.1) is 0 Å². The Morgan fingerprint density at radius 3 is 2.18 bits per heavy atom. The van der Waals surface area contributed by atoms with Crippen molar-refractivity contribution in [2.75, 3.05) is 0 Å². The average Bonchev–Trinajstić information content (AvgIpc) is 2.10. The number of hydrogen-bond donors (Lipinski definition) is 0. The standard InChI is InChI=1S/C9H16O2/c1-8(2,3)9(4)6-5-7(10)11-9/h5-6H2,1-4H3. The Kier molecular flexibility index (Phi) is 1.73. The van der Waals surface area contributed by atoms with E-state index in [2.05, 4.69) is 20.8 Å². The lowest BCUT2D eigenvalue weighted by Crippen LogP contribution is -2.39. The Labute approximate surface area is 67.9 Å². The molecule has 1 aliphatic rings. The molecule has 2 nitrogen and oxygen atoms in total. The highest BCUT2D eigenvalue weighted by atomic mass is 16.6. The first-order chi connectivity index (χ1) is 4.85. The number of cyclic esters (lactones) is 1. The number of ether oxygens (including phenoxy) is 1. The first-order valence-corrected chi connectivity index (χ1v) is 4.07. The van der Waals surface area contributed by atoms with Crippen LogP contribution in [0.2, 0.25) is 0 Å². The number of carbonyl (C=O) groups is 1. The molecule has 0 amide bonds. The van der Waals surface area contributed by atoms with Crippen molar-refractivity contribution in [3.63, 3.8) is 0 Å². The highest BCUT2D eigenvalue weighted by molar-refractivity contribution is 5.72. The predicted octanol–water partition coefficient (Wildman–Crippen LogP) is 2.13. The average molecular weight is 156 g/mol. The van der Waals surface area contributed by atoms with E-state index in [1.54, 1.807) is 0 Å². The van der Waals surface area contributed by atoms with Crippen molar-refractivity contribution in [2.45, 2.75) is 46.1 Å². The maximum absolute atomic E-state index is 10.9. The smallest absolute Gasteiger partial charge is 0.306 e. The number of carbonyl (C=O) groups excluding carboxylic acids is 1. The van der Waals surface area contributed by atoms with Crippen LogP contribution in [0.3, 0.4) is 0 Å². The van der Waals surface area contributed by atoms with Crippen molar-refractivity contribution in [3.8, 4) is 0 Å². The normalized spacial score (nSPS) is 32.2. The summed E-state index contributed by atoms with van der Waals surface area (Å²) in [5.74, 6) is -0.0533. The number of hydrogen-bond acceptors (Lipinski definition) is 2. The highest BCUT2D eigenvalue weighted by Crippen LogP contribution is 2.41. The molecule has 1 heterocycles. The van der Waals surface area contributed by atoms with E-state index >= 15 is 0 Å². The minimum absolute atomic E-state index is 0.0533. The first kappa shape index (κ1) is 8.57. The molecular formula is C9H16O2. The van der Waals surface area contributed by atoms with Crippen LogP contribution in [0.1, 0.15) is 40.5 Å². The van der Waals surface area contributed by atoms with Crippen LogP contribution in [0.25, 0.3) is 0 Å². The van der Waals surface area contributed by atoms with E-state index in [4.69, 9.17) is 4.74 Å². The Morgan fingerprint density at radius 1 is 1.45 bits per heavy atom. The summed E-state index contributed by atoms with van der Waals surface area (Å²) < 4.78 is 5.27. The van der Waals surface area contributed by atoms with Crippen molar-refractivity contribution < 1.29 is 9.53 Å². The maximum Gasteiger partial charge on any atom is 0.306 e. The molecule has 1 aliphatic heterocycles. The van der Waals surface area contributed by atoms with E-state index in [0.717, 1.165) is 6.42 Å². The molecule has 0 bridgehead atoms. The summed E-state index contributed by atoms with van der Waals surface area (Å²) in [6.07, 6.45) is 1.43. The van der Waals surface area contributed by atoms with Gasteiger partial charge in [-0.25, -0.2) is 0 Å². The van der Waals surface area contributed by atoms with Gasteiger partial charge in [-0.2, -0.15) is 0 Å². The van der Waals surface area contributed by atoms with Gasteiger partial charge in [-0.15, -0.1) is 0 Å². The Morgan fingerprint density at radius 2 is 2.00 bits per heavy atom. The molecule has 0 saturated carbocycles. The predicted molar refractivity (Wildman–Crippen MR) is 43.2 cm³/mol. The molecule has 1 unspecified atom stereocenters. The van der Waals surface area contributed by atoms with Crippen LogP contribution in [-0.2, 0) is 9.53 Å². The van der Waals surface area contributed by atoms with Crippen molar-refractivity contribution in [3.05, 3.63) is 0 Å². The molecule has 2 heteroatoms. The quantitative estimate of drug-likeness (QED) is 0.502. The van der Waals surface area contributed by atoms with E-state index in [-0.39, 0.29) is 17.0 Å². The van der Waals surface area contributed by atoms with Crippen molar-refractivity contribution in [1.82, 2.24) is 0 Å². The SMILES string of the molecule is CC(C)(C)C1(C)CCC(=O)O1. The number of esters is 1. The van der Waals surface area contributed by atoms with Gasteiger partial charge in [0.2, 0.25) is 0 Å². The van der Waals surface area contributed by atoms with Crippen LogP contribution in [0.15, 0.2) is 0 Å². The third-order valence-electron chi connectivity index (χ3n) is 2.73. The summed E-state index contributed by atoms with van der Waals surface area (Å²) in [6.45, 7) is 8.32. The second-order valence-electron chi connectivity index (χ2n) is 4.45. The van der Waals surface area contributed by atoms with Crippen LogP contribution in [0.4, 0.5) is 0 Å². The van der Waals surface area contributed by atoms with Gasteiger partial charge in [0.15, 0.2) is 0 Å². The molecule has 1 saturated heterocycles. The molecule has 0 N–H and O–H groups in total. The summed E-state index contributed by atoms with van der Waals surface area (Å²) in [7, 11) is 0. The van der Waals surface area contributed by atoms with Crippen LogP contribution in [0, 0.1) is 5.41 Å². The molecule has 1 atom stereocenters. The van der Waals surface area contributed by atoms with E-state index in [1.807, 2.05) is 6.92 Å². The molecule has 0 radical (unpaired) electrons. The van der Waals surface area contributed by atoms with Crippen molar-refractivity contribution >= 4 is 5.97 Å². The number of rotatable bonds is 0. The van der Waals surface area contributed by atoms with E-state index in [1.165, 1.54) is 0 Å². The lowest BCUT2D eigenvalue weighted by molar-refractivity contribution is -0.155. The third-order valence-corrected chi connectivity index (χ3v) is 2.73. The summed E-state index contributed by atoms with van der Waals surface area (Å²) >= 11 is 0.